The number of aromatic nitrogens is 2. The standard InChI is InChI=1S/C20H17F3N4O3/c1-2-26(16-10-6-7-11-17(16)27(28)29)18-15(20(21,22)23)12-24-19(25-18)30-13-14-8-4-3-5-9-14/h3-12H,2,13H2,1H3. The lowest BCUT2D eigenvalue weighted by molar-refractivity contribution is -0.384. The smallest absolute Gasteiger partial charge is 0.421 e. The Labute approximate surface area is 169 Å². The summed E-state index contributed by atoms with van der Waals surface area (Å²) in [5.41, 5.74) is -0.677. The van der Waals surface area contributed by atoms with Crippen molar-refractivity contribution in [1.82, 2.24) is 9.97 Å². The van der Waals surface area contributed by atoms with E-state index in [1.54, 1.807) is 31.2 Å². The average molecular weight is 418 g/mol. The van der Waals surface area contributed by atoms with Gasteiger partial charge >= 0.3 is 12.2 Å². The lowest BCUT2D eigenvalue weighted by Gasteiger charge is -2.25. The Morgan fingerprint density at radius 2 is 1.77 bits per heavy atom. The van der Waals surface area contributed by atoms with E-state index in [9.17, 15) is 23.3 Å². The topological polar surface area (TPSA) is 81.4 Å². The number of hydrogen-bond acceptors (Lipinski definition) is 6. The van der Waals surface area contributed by atoms with Crippen molar-refractivity contribution in [3.63, 3.8) is 0 Å². The van der Waals surface area contributed by atoms with Crippen LogP contribution in [0.2, 0.25) is 0 Å². The maximum absolute atomic E-state index is 13.6. The first kappa shape index (κ1) is 21.0. The molecule has 0 radical (unpaired) electrons. The predicted octanol–water partition coefficient (Wildman–Crippen LogP) is 5.14. The third kappa shape index (κ3) is 4.65. The van der Waals surface area contributed by atoms with E-state index in [4.69, 9.17) is 4.74 Å². The van der Waals surface area contributed by atoms with Gasteiger partial charge < -0.3 is 9.64 Å². The molecule has 0 fully saturated rings. The van der Waals surface area contributed by atoms with Gasteiger partial charge in [-0.2, -0.15) is 18.2 Å². The highest BCUT2D eigenvalue weighted by atomic mass is 19.4. The largest absolute Gasteiger partial charge is 0.459 e. The molecule has 156 valence electrons. The summed E-state index contributed by atoms with van der Waals surface area (Å²) in [5, 5.41) is 11.4. The van der Waals surface area contributed by atoms with Crippen molar-refractivity contribution in [2.24, 2.45) is 0 Å². The van der Waals surface area contributed by atoms with Crippen molar-refractivity contribution in [1.29, 1.82) is 0 Å². The summed E-state index contributed by atoms with van der Waals surface area (Å²) in [5.74, 6) is -0.516. The minimum atomic E-state index is -4.76. The van der Waals surface area contributed by atoms with Crippen molar-refractivity contribution in [2.75, 3.05) is 11.4 Å². The molecule has 7 nitrogen and oxygen atoms in total. The second-order valence-electron chi connectivity index (χ2n) is 6.15. The molecule has 3 aromatic rings. The van der Waals surface area contributed by atoms with E-state index >= 15 is 0 Å². The molecule has 1 aromatic heterocycles. The zero-order valence-electron chi connectivity index (χ0n) is 15.8. The van der Waals surface area contributed by atoms with Crippen LogP contribution in [0.3, 0.4) is 0 Å². The quantitative estimate of drug-likeness (QED) is 0.390. The van der Waals surface area contributed by atoms with Gasteiger partial charge in [0.25, 0.3) is 5.69 Å². The SMILES string of the molecule is CCN(c1ccccc1[N+](=O)[O-])c1nc(OCc2ccccc2)ncc1C(F)(F)F. The molecule has 10 heteroatoms. The van der Waals surface area contributed by atoms with Crippen LogP contribution in [0.5, 0.6) is 6.01 Å². The zero-order chi connectivity index (χ0) is 21.7. The Morgan fingerprint density at radius 1 is 1.10 bits per heavy atom. The fourth-order valence-corrected chi connectivity index (χ4v) is 2.84. The summed E-state index contributed by atoms with van der Waals surface area (Å²) in [6.07, 6.45) is -4.13. The predicted molar refractivity (Wildman–Crippen MR) is 104 cm³/mol. The van der Waals surface area contributed by atoms with E-state index < -0.39 is 22.5 Å². The first-order valence-corrected chi connectivity index (χ1v) is 8.93. The minimum Gasteiger partial charge on any atom is -0.459 e. The van der Waals surface area contributed by atoms with Crippen LogP contribution in [0.4, 0.5) is 30.4 Å². The summed E-state index contributed by atoms with van der Waals surface area (Å²) in [4.78, 5) is 19.5. The number of nitro groups is 1. The molecule has 0 aliphatic heterocycles. The van der Waals surface area contributed by atoms with Gasteiger partial charge in [0.2, 0.25) is 0 Å². The Morgan fingerprint density at radius 3 is 2.40 bits per heavy atom. The van der Waals surface area contributed by atoms with Crippen LogP contribution < -0.4 is 9.64 Å². The number of alkyl halides is 3. The van der Waals surface area contributed by atoms with Crippen LogP contribution in [-0.4, -0.2) is 21.4 Å². The summed E-state index contributed by atoms with van der Waals surface area (Å²) in [6.45, 7) is 1.63. The number of nitrogens with zero attached hydrogens (tertiary/aromatic N) is 4. The lowest BCUT2D eigenvalue weighted by atomic mass is 10.2. The van der Waals surface area contributed by atoms with Crippen molar-refractivity contribution in [2.45, 2.75) is 19.7 Å². The Balaban J connectivity index is 2.04. The Bertz CT molecular complexity index is 1030. The van der Waals surface area contributed by atoms with E-state index in [1.165, 1.54) is 24.3 Å². The molecule has 3 rings (SSSR count). The van der Waals surface area contributed by atoms with Crippen LogP contribution in [0, 0.1) is 10.1 Å². The normalized spacial score (nSPS) is 11.2. The molecule has 0 amide bonds. The van der Waals surface area contributed by atoms with Crippen molar-refractivity contribution in [3.05, 3.63) is 82.0 Å². The third-order valence-electron chi connectivity index (χ3n) is 4.20. The van der Waals surface area contributed by atoms with Gasteiger partial charge in [0.05, 0.1) is 4.92 Å². The van der Waals surface area contributed by atoms with Gasteiger partial charge in [0.15, 0.2) is 5.82 Å². The van der Waals surface area contributed by atoms with Crippen molar-refractivity contribution in [3.8, 4) is 6.01 Å². The van der Waals surface area contributed by atoms with Crippen LogP contribution in [0.25, 0.3) is 0 Å². The molecule has 0 saturated carbocycles. The molecule has 1 heterocycles. The van der Waals surface area contributed by atoms with Gasteiger partial charge in [-0.1, -0.05) is 42.5 Å². The molecule has 0 saturated heterocycles. The van der Waals surface area contributed by atoms with Gasteiger partial charge in [-0.25, -0.2) is 4.98 Å². The molecule has 0 spiro atoms. The molecule has 0 unspecified atom stereocenters. The maximum atomic E-state index is 13.6. The number of ether oxygens (including phenoxy) is 1. The van der Waals surface area contributed by atoms with Gasteiger partial charge in [0.1, 0.15) is 17.9 Å². The molecule has 0 atom stereocenters. The second kappa shape index (κ2) is 8.76. The molecule has 0 bridgehead atoms. The van der Waals surface area contributed by atoms with E-state index in [-0.39, 0.29) is 30.5 Å². The van der Waals surface area contributed by atoms with Crippen molar-refractivity contribution >= 4 is 17.2 Å². The number of anilines is 2. The highest BCUT2D eigenvalue weighted by Crippen LogP contribution is 2.40. The monoisotopic (exact) mass is 418 g/mol. The van der Waals surface area contributed by atoms with Gasteiger partial charge in [-0.3, -0.25) is 10.1 Å². The van der Waals surface area contributed by atoms with E-state index in [1.807, 2.05) is 6.07 Å². The highest BCUT2D eigenvalue weighted by molar-refractivity contribution is 5.72. The fourth-order valence-electron chi connectivity index (χ4n) is 2.84. The first-order valence-electron chi connectivity index (χ1n) is 8.93. The first-order chi connectivity index (χ1) is 14.3. The van der Waals surface area contributed by atoms with Gasteiger partial charge in [-0.05, 0) is 18.6 Å². The Kier molecular flexibility index (Phi) is 6.14. The van der Waals surface area contributed by atoms with E-state index in [0.717, 1.165) is 10.5 Å². The molecule has 0 aliphatic rings. The maximum Gasteiger partial charge on any atom is 0.421 e. The summed E-state index contributed by atoms with van der Waals surface area (Å²) >= 11 is 0. The second-order valence-corrected chi connectivity index (χ2v) is 6.15. The average Bonchev–Trinajstić information content (AvgIpc) is 2.73. The summed E-state index contributed by atoms with van der Waals surface area (Å²) < 4.78 is 46.3. The number of para-hydroxylation sites is 2. The lowest BCUT2D eigenvalue weighted by Crippen LogP contribution is -2.23. The number of hydrogen-bond donors (Lipinski definition) is 0. The van der Waals surface area contributed by atoms with Crippen LogP contribution in [0.1, 0.15) is 18.1 Å². The third-order valence-corrected chi connectivity index (χ3v) is 4.20. The number of halogens is 3. The number of benzene rings is 2. The molecular weight excluding hydrogens is 401 g/mol. The van der Waals surface area contributed by atoms with Crippen molar-refractivity contribution < 1.29 is 22.8 Å². The fraction of sp³-hybridized carbons (Fsp3) is 0.200. The highest BCUT2D eigenvalue weighted by Gasteiger charge is 2.38. The molecule has 0 aliphatic carbocycles. The molecule has 2 aromatic carbocycles. The van der Waals surface area contributed by atoms with Crippen LogP contribution in [0.15, 0.2) is 60.8 Å². The minimum absolute atomic E-state index is 0.00305. The van der Waals surface area contributed by atoms with E-state index in [2.05, 4.69) is 9.97 Å². The van der Waals surface area contributed by atoms with Gasteiger partial charge in [-0.15, -0.1) is 0 Å². The molecule has 30 heavy (non-hydrogen) atoms. The van der Waals surface area contributed by atoms with Crippen LogP contribution in [-0.2, 0) is 12.8 Å². The molecular formula is C20H17F3N4O3. The number of rotatable bonds is 7. The van der Waals surface area contributed by atoms with Gasteiger partial charge in [0, 0.05) is 18.8 Å². The van der Waals surface area contributed by atoms with E-state index in [0.29, 0.717) is 6.20 Å². The number of nitro benzene ring substituents is 1. The molecule has 0 N–H and O–H groups in total. The Hall–Kier alpha value is -3.69. The summed E-state index contributed by atoms with van der Waals surface area (Å²) in [6, 6.07) is 14.3. The van der Waals surface area contributed by atoms with Crippen LogP contribution >= 0.6 is 0 Å². The summed E-state index contributed by atoms with van der Waals surface area (Å²) in [7, 11) is 0. The zero-order valence-corrected chi connectivity index (χ0v) is 15.8.